The number of nitrogens with two attached hydrogens (primary N) is 1. The highest BCUT2D eigenvalue weighted by atomic mass is 16.5. The molecular weight excluding hydrogens is 180 g/mol. The Labute approximate surface area is 85.3 Å². The first-order valence-electron chi connectivity index (χ1n) is 5.51. The molecule has 4 nitrogen and oxygen atoms in total. The fourth-order valence-corrected chi connectivity index (χ4v) is 2.40. The van der Waals surface area contributed by atoms with Crippen molar-refractivity contribution in [2.75, 3.05) is 46.1 Å². The summed E-state index contributed by atoms with van der Waals surface area (Å²) in [5.41, 5.74) is 5.85. The van der Waals surface area contributed by atoms with E-state index in [1.54, 1.807) is 0 Å². The summed E-state index contributed by atoms with van der Waals surface area (Å²) >= 11 is 0. The molecule has 0 aromatic heterocycles. The molecule has 0 amide bonds. The average Bonchev–Trinajstić information content (AvgIpc) is 2.74. The van der Waals surface area contributed by atoms with E-state index in [-0.39, 0.29) is 0 Å². The van der Waals surface area contributed by atoms with Crippen LogP contribution < -0.4 is 5.73 Å². The Morgan fingerprint density at radius 1 is 1.21 bits per heavy atom. The van der Waals surface area contributed by atoms with Crippen LogP contribution in [0, 0.1) is 5.92 Å². The zero-order valence-corrected chi connectivity index (χ0v) is 8.65. The van der Waals surface area contributed by atoms with Crippen LogP contribution in [0.5, 0.6) is 0 Å². The van der Waals surface area contributed by atoms with Crippen LogP contribution in [0.1, 0.15) is 6.42 Å². The van der Waals surface area contributed by atoms with E-state index in [4.69, 9.17) is 15.2 Å². The highest BCUT2D eigenvalue weighted by molar-refractivity contribution is 4.83. The molecule has 2 heterocycles. The zero-order valence-electron chi connectivity index (χ0n) is 8.65. The Morgan fingerprint density at radius 3 is 2.57 bits per heavy atom. The van der Waals surface area contributed by atoms with Crippen LogP contribution in [0.2, 0.25) is 0 Å². The molecule has 2 N–H and O–H groups in total. The van der Waals surface area contributed by atoms with E-state index < -0.39 is 0 Å². The fourth-order valence-electron chi connectivity index (χ4n) is 2.40. The summed E-state index contributed by atoms with van der Waals surface area (Å²) in [5, 5.41) is 0. The van der Waals surface area contributed by atoms with Crippen LogP contribution in [-0.2, 0) is 9.47 Å². The first-order chi connectivity index (χ1) is 6.92. The molecular formula is C10H20N2O2. The number of rotatable bonds is 3. The van der Waals surface area contributed by atoms with Crippen molar-refractivity contribution in [2.45, 2.75) is 12.5 Å². The predicted molar refractivity (Wildman–Crippen MR) is 54.2 cm³/mol. The molecule has 0 aliphatic carbocycles. The van der Waals surface area contributed by atoms with Crippen molar-refractivity contribution >= 4 is 0 Å². The van der Waals surface area contributed by atoms with Gasteiger partial charge in [0.05, 0.1) is 19.8 Å². The molecule has 0 spiro atoms. The molecule has 0 aromatic carbocycles. The Balaban J connectivity index is 1.89. The molecule has 14 heavy (non-hydrogen) atoms. The van der Waals surface area contributed by atoms with Crippen molar-refractivity contribution in [3.05, 3.63) is 0 Å². The smallest absolute Gasteiger partial charge is 0.0594 e. The summed E-state index contributed by atoms with van der Waals surface area (Å²) in [6.07, 6.45) is 1.17. The highest BCUT2D eigenvalue weighted by Gasteiger charge is 2.30. The van der Waals surface area contributed by atoms with Crippen LogP contribution in [0.25, 0.3) is 0 Å². The Hall–Kier alpha value is -0.160. The van der Waals surface area contributed by atoms with Crippen LogP contribution in [0.4, 0.5) is 0 Å². The summed E-state index contributed by atoms with van der Waals surface area (Å²) in [7, 11) is 0. The zero-order chi connectivity index (χ0) is 9.80. The molecule has 2 saturated heterocycles. The van der Waals surface area contributed by atoms with Gasteiger partial charge in [-0.1, -0.05) is 0 Å². The van der Waals surface area contributed by atoms with Gasteiger partial charge in [0.15, 0.2) is 0 Å². The maximum Gasteiger partial charge on any atom is 0.0594 e. The molecule has 2 fully saturated rings. The number of nitrogens with zero attached hydrogens (tertiary/aromatic N) is 1. The Kier molecular flexibility index (Phi) is 3.75. The van der Waals surface area contributed by atoms with Crippen LogP contribution in [0.15, 0.2) is 0 Å². The predicted octanol–water partition coefficient (Wildman–Crippen LogP) is -0.318. The van der Waals surface area contributed by atoms with Crippen LogP contribution in [0.3, 0.4) is 0 Å². The van der Waals surface area contributed by atoms with E-state index in [1.807, 2.05) is 0 Å². The monoisotopic (exact) mass is 200 g/mol. The topological polar surface area (TPSA) is 47.7 Å². The minimum absolute atomic E-state index is 0.501. The van der Waals surface area contributed by atoms with Gasteiger partial charge in [-0.15, -0.1) is 0 Å². The second kappa shape index (κ2) is 5.07. The van der Waals surface area contributed by atoms with E-state index in [0.29, 0.717) is 12.0 Å². The third-order valence-corrected chi connectivity index (χ3v) is 3.27. The van der Waals surface area contributed by atoms with Crippen molar-refractivity contribution in [1.82, 2.24) is 4.90 Å². The second-order valence-electron chi connectivity index (χ2n) is 4.08. The number of ether oxygens (including phenoxy) is 2. The van der Waals surface area contributed by atoms with Crippen molar-refractivity contribution in [1.29, 1.82) is 0 Å². The lowest BCUT2D eigenvalue weighted by Gasteiger charge is -2.36. The molecule has 0 bridgehead atoms. The molecule has 0 unspecified atom stereocenters. The van der Waals surface area contributed by atoms with Gasteiger partial charge < -0.3 is 15.2 Å². The SMILES string of the molecule is NC[C@@H]([C@H]1CCOC1)N1CCOCC1. The lowest BCUT2D eigenvalue weighted by atomic mass is 9.97. The fraction of sp³-hybridized carbons (Fsp3) is 1.00. The second-order valence-corrected chi connectivity index (χ2v) is 4.08. The highest BCUT2D eigenvalue weighted by Crippen LogP contribution is 2.21. The summed E-state index contributed by atoms with van der Waals surface area (Å²) in [6.45, 7) is 6.30. The lowest BCUT2D eigenvalue weighted by molar-refractivity contribution is 0.00358. The largest absolute Gasteiger partial charge is 0.381 e. The molecule has 2 atom stereocenters. The minimum atomic E-state index is 0.501. The third kappa shape index (κ3) is 2.25. The molecule has 2 rings (SSSR count). The van der Waals surface area contributed by atoms with Gasteiger partial charge >= 0.3 is 0 Å². The third-order valence-electron chi connectivity index (χ3n) is 3.27. The summed E-state index contributed by atoms with van der Waals surface area (Å²) in [4.78, 5) is 2.46. The number of morpholine rings is 1. The van der Waals surface area contributed by atoms with Gasteiger partial charge in [0.1, 0.15) is 0 Å². The molecule has 0 aromatic rings. The molecule has 2 aliphatic heterocycles. The minimum Gasteiger partial charge on any atom is -0.381 e. The van der Waals surface area contributed by atoms with E-state index >= 15 is 0 Å². The molecule has 0 saturated carbocycles. The molecule has 82 valence electrons. The summed E-state index contributed by atoms with van der Waals surface area (Å²) in [5.74, 6) is 0.637. The van der Waals surface area contributed by atoms with Crippen LogP contribution in [-0.4, -0.2) is 57.0 Å². The number of hydrogen-bond acceptors (Lipinski definition) is 4. The number of hydrogen-bond donors (Lipinski definition) is 1. The first kappa shape index (κ1) is 10.4. The average molecular weight is 200 g/mol. The van der Waals surface area contributed by atoms with Gasteiger partial charge in [-0.25, -0.2) is 0 Å². The van der Waals surface area contributed by atoms with Crippen LogP contribution >= 0.6 is 0 Å². The maximum atomic E-state index is 5.85. The van der Waals surface area contributed by atoms with Crippen molar-refractivity contribution in [2.24, 2.45) is 11.7 Å². The van der Waals surface area contributed by atoms with Gasteiger partial charge in [-0.3, -0.25) is 4.90 Å². The van der Waals surface area contributed by atoms with Gasteiger partial charge in [0.2, 0.25) is 0 Å². The Morgan fingerprint density at radius 2 is 2.00 bits per heavy atom. The first-order valence-corrected chi connectivity index (χ1v) is 5.51. The molecule has 4 heteroatoms. The summed E-state index contributed by atoms with van der Waals surface area (Å²) in [6, 6.07) is 0.501. The van der Waals surface area contributed by atoms with E-state index in [1.165, 1.54) is 6.42 Å². The van der Waals surface area contributed by atoms with E-state index in [2.05, 4.69) is 4.90 Å². The quantitative estimate of drug-likeness (QED) is 0.678. The van der Waals surface area contributed by atoms with Gasteiger partial charge in [-0.2, -0.15) is 0 Å². The summed E-state index contributed by atoms with van der Waals surface area (Å²) < 4.78 is 10.8. The van der Waals surface area contributed by atoms with Gasteiger partial charge in [-0.05, 0) is 6.42 Å². The van der Waals surface area contributed by atoms with Gasteiger partial charge in [0.25, 0.3) is 0 Å². The molecule has 2 aliphatic rings. The standard InChI is InChI=1S/C10H20N2O2/c11-7-10(9-1-4-14-8-9)12-2-5-13-6-3-12/h9-10H,1-8,11H2/t9-,10-/m0/s1. The van der Waals surface area contributed by atoms with Crippen molar-refractivity contribution in [3.8, 4) is 0 Å². The van der Waals surface area contributed by atoms with Crippen molar-refractivity contribution < 1.29 is 9.47 Å². The normalized spacial score (nSPS) is 31.9. The lowest BCUT2D eigenvalue weighted by Crippen LogP contribution is -2.50. The Bertz CT molecular complexity index is 166. The maximum absolute atomic E-state index is 5.85. The van der Waals surface area contributed by atoms with Crippen molar-refractivity contribution in [3.63, 3.8) is 0 Å². The van der Waals surface area contributed by atoms with Gasteiger partial charge in [0, 0.05) is 38.2 Å². The molecule has 0 radical (unpaired) electrons. The van der Waals surface area contributed by atoms with E-state index in [9.17, 15) is 0 Å². The van der Waals surface area contributed by atoms with E-state index in [0.717, 1.165) is 46.1 Å².